The van der Waals surface area contributed by atoms with Crippen molar-refractivity contribution < 1.29 is 33.3 Å². The highest BCUT2D eigenvalue weighted by Gasteiger charge is 2.36. The quantitative estimate of drug-likeness (QED) is 0.174. The summed E-state index contributed by atoms with van der Waals surface area (Å²) in [5.74, 6) is 0.617. The second-order valence-electron chi connectivity index (χ2n) is 9.33. The van der Waals surface area contributed by atoms with Gasteiger partial charge in [0, 0.05) is 4.47 Å². The van der Waals surface area contributed by atoms with Crippen molar-refractivity contribution in [2.45, 2.75) is 40.3 Å². The van der Waals surface area contributed by atoms with Gasteiger partial charge < -0.3 is 18.9 Å². The van der Waals surface area contributed by atoms with E-state index in [1.165, 1.54) is 6.08 Å². The maximum atomic E-state index is 13.4. The van der Waals surface area contributed by atoms with Crippen LogP contribution >= 0.6 is 15.9 Å². The standard InChI is InChI=1S/C32H33BrN2O7/c1-4-15-41-26-14-10-23(18-29(26)40-6-3)19-35-31(37)25(30(36)34-32(35)38)16-22-9-13-27(28(17-22)39-5-2)42-20-21-7-11-24(33)12-8-21/h7-14,16-18H,4-6,15,19-20H2,1-3H3,(H,34,36,38)/b25-16+. The fourth-order valence-corrected chi connectivity index (χ4v) is 4.45. The van der Waals surface area contributed by atoms with Crippen LogP contribution in [0.3, 0.4) is 0 Å². The van der Waals surface area contributed by atoms with Gasteiger partial charge in [-0.3, -0.25) is 19.8 Å². The summed E-state index contributed by atoms with van der Waals surface area (Å²) >= 11 is 3.42. The van der Waals surface area contributed by atoms with E-state index in [1.54, 1.807) is 36.4 Å². The van der Waals surface area contributed by atoms with Crippen LogP contribution in [0.25, 0.3) is 6.08 Å². The first-order chi connectivity index (χ1) is 20.3. The number of carbonyl (C=O) groups is 3. The zero-order valence-corrected chi connectivity index (χ0v) is 25.4. The third kappa shape index (κ3) is 7.70. The molecule has 3 aromatic carbocycles. The molecule has 0 spiro atoms. The number of carbonyl (C=O) groups excluding carboxylic acids is 3. The van der Waals surface area contributed by atoms with Gasteiger partial charge in [-0.15, -0.1) is 0 Å². The number of benzene rings is 3. The van der Waals surface area contributed by atoms with Crippen LogP contribution in [0.4, 0.5) is 4.79 Å². The lowest BCUT2D eigenvalue weighted by Gasteiger charge is -2.26. The van der Waals surface area contributed by atoms with Gasteiger partial charge in [0.25, 0.3) is 11.8 Å². The van der Waals surface area contributed by atoms with Gasteiger partial charge in [-0.1, -0.05) is 47.1 Å². The molecule has 1 aliphatic heterocycles. The van der Waals surface area contributed by atoms with Gasteiger partial charge in [0.1, 0.15) is 12.2 Å². The molecule has 0 radical (unpaired) electrons. The summed E-state index contributed by atoms with van der Waals surface area (Å²) in [7, 11) is 0. The van der Waals surface area contributed by atoms with Crippen LogP contribution in [0.2, 0.25) is 0 Å². The van der Waals surface area contributed by atoms with E-state index in [2.05, 4.69) is 21.2 Å². The van der Waals surface area contributed by atoms with Crippen molar-refractivity contribution in [3.63, 3.8) is 0 Å². The molecule has 0 aromatic heterocycles. The monoisotopic (exact) mass is 636 g/mol. The fourth-order valence-electron chi connectivity index (χ4n) is 4.18. The number of urea groups is 1. The lowest BCUT2D eigenvalue weighted by molar-refractivity contribution is -0.130. The van der Waals surface area contributed by atoms with Crippen LogP contribution in [0.15, 0.2) is 70.7 Å². The van der Waals surface area contributed by atoms with E-state index in [4.69, 9.17) is 18.9 Å². The van der Waals surface area contributed by atoms with Gasteiger partial charge in [-0.2, -0.15) is 0 Å². The molecule has 3 aromatic rings. The van der Waals surface area contributed by atoms with Crippen LogP contribution in [-0.2, 0) is 22.7 Å². The van der Waals surface area contributed by atoms with Gasteiger partial charge in [0.05, 0.1) is 26.4 Å². The summed E-state index contributed by atoms with van der Waals surface area (Å²) in [5.41, 5.74) is 2.00. The number of hydrogen-bond donors (Lipinski definition) is 1. The highest BCUT2D eigenvalue weighted by Crippen LogP contribution is 2.32. The number of imide groups is 2. The molecule has 0 unspecified atom stereocenters. The number of barbiturate groups is 1. The minimum atomic E-state index is -0.793. The molecule has 42 heavy (non-hydrogen) atoms. The first-order valence-corrected chi connectivity index (χ1v) is 14.5. The molecule has 1 fully saturated rings. The van der Waals surface area contributed by atoms with Crippen molar-refractivity contribution in [3.8, 4) is 23.0 Å². The molecular formula is C32H33BrN2O7. The number of rotatable bonds is 13. The number of hydrogen-bond acceptors (Lipinski definition) is 7. The Hall–Kier alpha value is -4.31. The number of halogens is 1. The molecule has 4 amide bonds. The van der Waals surface area contributed by atoms with E-state index in [-0.39, 0.29) is 12.1 Å². The Kier molecular flexibility index (Phi) is 10.6. The zero-order chi connectivity index (χ0) is 30.1. The molecule has 4 rings (SSSR count). The topological polar surface area (TPSA) is 103 Å². The first kappa shape index (κ1) is 30.6. The van der Waals surface area contributed by atoms with Crippen LogP contribution in [-0.4, -0.2) is 42.6 Å². The summed E-state index contributed by atoms with van der Waals surface area (Å²) in [4.78, 5) is 39.8. The van der Waals surface area contributed by atoms with Crippen molar-refractivity contribution in [3.05, 3.63) is 87.4 Å². The average molecular weight is 638 g/mol. The first-order valence-electron chi connectivity index (χ1n) is 13.7. The Balaban J connectivity index is 1.55. The number of ether oxygens (including phenoxy) is 4. The van der Waals surface area contributed by atoms with E-state index in [0.717, 1.165) is 21.4 Å². The normalized spacial score (nSPS) is 14.1. The summed E-state index contributed by atoms with van der Waals surface area (Å²) in [5, 5.41) is 2.27. The van der Waals surface area contributed by atoms with Gasteiger partial charge in [0.15, 0.2) is 23.0 Å². The van der Waals surface area contributed by atoms with Gasteiger partial charge >= 0.3 is 6.03 Å². The van der Waals surface area contributed by atoms with Crippen molar-refractivity contribution in [1.29, 1.82) is 0 Å². The van der Waals surface area contributed by atoms with Crippen molar-refractivity contribution in [2.75, 3.05) is 19.8 Å². The van der Waals surface area contributed by atoms with Crippen molar-refractivity contribution >= 4 is 39.9 Å². The second kappa shape index (κ2) is 14.5. The maximum absolute atomic E-state index is 13.4. The Bertz CT molecular complexity index is 1470. The third-order valence-corrected chi connectivity index (χ3v) is 6.71. The molecule has 0 atom stereocenters. The molecule has 0 aliphatic carbocycles. The molecule has 1 saturated heterocycles. The predicted molar refractivity (Wildman–Crippen MR) is 162 cm³/mol. The summed E-state index contributed by atoms with van der Waals surface area (Å²) in [6, 6.07) is 17.4. The molecule has 1 aliphatic rings. The van der Waals surface area contributed by atoms with Gasteiger partial charge in [0.2, 0.25) is 0 Å². The summed E-state index contributed by atoms with van der Waals surface area (Å²) in [6.45, 7) is 7.34. The summed E-state index contributed by atoms with van der Waals surface area (Å²) in [6.07, 6.45) is 2.28. The maximum Gasteiger partial charge on any atom is 0.331 e. The molecule has 1 N–H and O–H groups in total. The van der Waals surface area contributed by atoms with E-state index in [1.807, 2.05) is 45.0 Å². The molecule has 220 valence electrons. The number of amides is 4. The van der Waals surface area contributed by atoms with Crippen LogP contribution < -0.4 is 24.3 Å². The minimum absolute atomic E-state index is 0.0591. The molecule has 1 heterocycles. The van der Waals surface area contributed by atoms with Crippen LogP contribution in [0.1, 0.15) is 43.9 Å². The van der Waals surface area contributed by atoms with Crippen molar-refractivity contribution in [1.82, 2.24) is 10.2 Å². The van der Waals surface area contributed by atoms with E-state index >= 15 is 0 Å². The van der Waals surface area contributed by atoms with Gasteiger partial charge in [-0.05, 0) is 79.4 Å². The number of nitrogens with one attached hydrogen (secondary N) is 1. The summed E-state index contributed by atoms with van der Waals surface area (Å²) < 4.78 is 24.2. The third-order valence-electron chi connectivity index (χ3n) is 6.18. The average Bonchev–Trinajstić information content (AvgIpc) is 2.98. The highest BCUT2D eigenvalue weighted by molar-refractivity contribution is 9.10. The highest BCUT2D eigenvalue weighted by atomic mass is 79.9. The molecular weight excluding hydrogens is 604 g/mol. The Morgan fingerprint density at radius 2 is 1.40 bits per heavy atom. The lowest BCUT2D eigenvalue weighted by Crippen LogP contribution is -2.53. The van der Waals surface area contributed by atoms with E-state index < -0.39 is 17.8 Å². The van der Waals surface area contributed by atoms with Crippen molar-refractivity contribution in [2.24, 2.45) is 0 Å². The fraction of sp³-hybridized carbons (Fsp3) is 0.281. The molecule has 0 saturated carbocycles. The Morgan fingerprint density at radius 1 is 0.762 bits per heavy atom. The lowest BCUT2D eigenvalue weighted by atomic mass is 10.1. The zero-order valence-electron chi connectivity index (χ0n) is 23.8. The SMILES string of the molecule is CCCOc1ccc(CN2C(=O)NC(=O)/C(=C\c3ccc(OCc4ccc(Br)cc4)c(OCC)c3)C2=O)cc1OCC. The molecule has 0 bridgehead atoms. The smallest absolute Gasteiger partial charge is 0.331 e. The van der Waals surface area contributed by atoms with E-state index in [9.17, 15) is 14.4 Å². The minimum Gasteiger partial charge on any atom is -0.490 e. The van der Waals surface area contributed by atoms with Crippen LogP contribution in [0, 0.1) is 0 Å². The largest absolute Gasteiger partial charge is 0.490 e. The number of nitrogens with zero attached hydrogens (tertiary/aromatic N) is 1. The Morgan fingerprint density at radius 3 is 2.10 bits per heavy atom. The second-order valence-corrected chi connectivity index (χ2v) is 10.2. The Labute approximate surface area is 253 Å². The predicted octanol–water partition coefficient (Wildman–Crippen LogP) is 6.28. The van der Waals surface area contributed by atoms with E-state index in [0.29, 0.717) is 60.6 Å². The van der Waals surface area contributed by atoms with Crippen LogP contribution in [0.5, 0.6) is 23.0 Å². The van der Waals surface area contributed by atoms with Gasteiger partial charge in [-0.25, -0.2) is 4.79 Å². The molecule has 10 heteroatoms. The molecule has 9 nitrogen and oxygen atoms in total.